The zero-order chi connectivity index (χ0) is 9.78. The van der Waals surface area contributed by atoms with E-state index in [0.717, 1.165) is 32.6 Å². The maximum Gasteiger partial charge on any atom is -0.00144 e. The Morgan fingerprint density at radius 2 is 1.46 bits per heavy atom. The third kappa shape index (κ3) is 11.7. The Hall–Kier alpha value is -0.340. The first-order valence-electron chi connectivity index (χ1n) is 5.48. The van der Waals surface area contributed by atoms with Gasteiger partial charge in [0.15, 0.2) is 0 Å². The molecule has 2 heteroatoms. The second kappa shape index (κ2) is 11.7. The van der Waals surface area contributed by atoms with Gasteiger partial charge >= 0.3 is 0 Å². The summed E-state index contributed by atoms with van der Waals surface area (Å²) in [6, 6.07) is 0. The molecule has 0 spiro atoms. The van der Waals surface area contributed by atoms with Gasteiger partial charge in [-0.25, -0.2) is 0 Å². The fraction of sp³-hybridized carbons (Fsp3) is 0.818. The zero-order valence-electron chi connectivity index (χ0n) is 9.10. The van der Waals surface area contributed by atoms with Crippen LogP contribution >= 0.6 is 0 Å². The lowest BCUT2D eigenvalue weighted by Crippen LogP contribution is -2.13. The van der Waals surface area contributed by atoms with Crippen LogP contribution < -0.4 is 10.6 Å². The molecule has 0 aliphatic heterocycles. The fourth-order valence-corrected chi connectivity index (χ4v) is 1.12. The standard InChI is InChI=1S/C11H24N2/c1-3-12-10-8-6-5-7-9-11-13-4-2/h5-6,12-13H,3-4,7-11H2,1-2H3. The molecule has 2 N–H and O–H groups in total. The number of unbranched alkanes of at least 4 members (excludes halogenated alkanes) is 1. The summed E-state index contributed by atoms with van der Waals surface area (Å²) in [4.78, 5) is 0. The van der Waals surface area contributed by atoms with Crippen molar-refractivity contribution in [1.29, 1.82) is 0 Å². The molecule has 0 saturated heterocycles. The minimum Gasteiger partial charge on any atom is -0.317 e. The largest absolute Gasteiger partial charge is 0.317 e. The zero-order valence-corrected chi connectivity index (χ0v) is 9.10. The van der Waals surface area contributed by atoms with Gasteiger partial charge in [-0.1, -0.05) is 26.0 Å². The maximum atomic E-state index is 3.31. The Kier molecular flexibility index (Phi) is 11.4. The average molecular weight is 184 g/mol. The van der Waals surface area contributed by atoms with Crippen LogP contribution in [0.15, 0.2) is 12.2 Å². The molecule has 0 fully saturated rings. The van der Waals surface area contributed by atoms with Crippen LogP contribution in [0.25, 0.3) is 0 Å². The van der Waals surface area contributed by atoms with Crippen molar-refractivity contribution < 1.29 is 0 Å². The highest BCUT2D eigenvalue weighted by Gasteiger charge is 1.82. The monoisotopic (exact) mass is 184 g/mol. The molecule has 0 amide bonds. The van der Waals surface area contributed by atoms with Gasteiger partial charge < -0.3 is 10.6 Å². The molecule has 78 valence electrons. The van der Waals surface area contributed by atoms with Crippen molar-refractivity contribution in [3.05, 3.63) is 12.2 Å². The van der Waals surface area contributed by atoms with E-state index in [9.17, 15) is 0 Å². The molecule has 2 nitrogen and oxygen atoms in total. The van der Waals surface area contributed by atoms with Gasteiger partial charge in [-0.15, -0.1) is 0 Å². The third-order valence-corrected chi connectivity index (χ3v) is 1.88. The molecule has 0 aromatic carbocycles. The van der Waals surface area contributed by atoms with Crippen LogP contribution in [0.1, 0.15) is 33.1 Å². The van der Waals surface area contributed by atoms with E-state index in [-0.39, 0.29) is 0 Å². The first-order valence-corrected chi connectivity index (χ1v) is 5.48. The second-order valence-corrected chi connectivity index (χ2v) is 3.11. The lowest BCUT2D eigenvalue weighted by atomic mass is 10.2. The van der Waals surface area contributed by atoms with Crippen molar-refractivity contribution in [3.8, 4) is 0 Å². The maximum absolute atomic E-state index is 3.31. The molecule has 0 unspecified atom stereocenters. The lowest BCUT2D eigenvalue weighted by Gasteiger charge is -1.98. The number of nitrogens with one attached hydrogen (secondary N) is 2. The molecule has 0 radical (unpaired) electrons. The highest BCUT2D eigenvalue weighted by molar-refractivity contribution is 4.82. The van der Waals surface area contributed by atoms with Crippen molar-refractivity contribution in [3.63, 3.8) is 0 Å². The number of hydrogen-bond donors (Lipinski definition) is 2. The molecular weight excluding hydrogens is 160 g/mol. The first kappa shape index (κ1) is 12.7. The first-order chi connectivity index (χ1) is 6.41. The van der Waals surface area contributed by atoms with Crippen LogP contribution in [0.3, 0.4) is 0 Å². The van der Waals surface area contributed by atoms with Crippen molar-refractivity contribution >= 4 is 0 Å². The molecular formula is C11H24N2. The van der Waals surface area contributed by atoms with Crippen molar-refractivity contribution in [2.24, 2.45) is 0 Å². The molecule has 0 heterocycles. The Bertz CT molecular complexity index is 111. The second-order valence-electron chi connectivity index (χ2n) is 3.11. The summed E-state index contributed by atoms with van der Waals surface area (Å²) in [5, 5.41) is 6.61. The van der Waals surface area contributed by atoms with E-state index in [1.165, 1.54) is 12.8 Å². The van der Waals surface area contributed by atoms with Gasteiger partial charge in [0.05, 0.1) is 0 Å². The van der Waals surface area contributed by atoms with Gasteiger partial charge in [-0.3, -0.25) is 0 Å². The van der Waals surface area contributed by atoms with Crippen molar-refractivity contribution in [2.45, 2.75) is 33.1 Å². The smallest absolute Gasteiger partial charge is 0.00144 e. The minimum atomic E-state index is 1.08. The van der Waals surface area contributed by atoms with Crippen LogP contribution in [-0.4, -0.2) is 26.2 Å². The molecule has 0 bridgehead atoms. The third-order valence-electron chi connectivity index (χ3n) is 1.88. The normalized spacial score (nSPS) is 11.2. The Morgan fingerprint density at radius 1 is 0.846 bits per heavy atom. The Morgan fingerprint density at radius 3 is 2.15 bits per heavy atom. The van der Waals surface area contributed by atoms with Crippen LogP contribution in [0, 0.1) is 0 Å². The summed E-state index contributed by atoms with van der Waals surface area (Å²) in [6.07, 6.45) is 8.18. The van der Waals surface area contributed by atoms with E-state index in [4.69, 9.17) is 0 Å². The van der Waals surface area contributed by atoms with E-state index in [1.807, 2.05) is 0 Å². The van der Waals surface area contributed by atoms with E-state index in [2.05, 4.69) is 36.6 Å². The average Bonchev–Trinajstić information content (AvgIpc) is 2.16. The SMILES string of the molecule is CCNCCC=CCCCNCC. The summed E-state index contributed by atoms with van der Waals surface area (Å²) in [5.74, 6) is 0. The summed E-state index contributed by atoms with van der Waals surface area (Å²) in [7, 11) is 0. The Labute approximate surface area is 82.8 Å². The minimum absolute atomic E-state index is 1.08. The number of allylic oxidation sites excluding steroid dienone is 1. The predicted octanol–water partition coefficient (Wildman–Crippen LogP) is 1.93. The van der Waals surface area contributed by atoms with Crippen LogP contribution in [0.2, 0.25) is 0 Å². The van der Waals surface area contributed by atoms with Gasteiger partial charge in [0.2, 0.25) is 0 Å². The topological polar surface area (TPSA) is 24.1 Å². The molecule has 0 atom stereocenters. The van der Waals surface area contributed by atoms with Gasteiger partial charge in [-0.2, -0.15) is 0 Å². The van der Waals surface area contributed by atoms with Gasteiger partial charge in [-0.05, 0) is 45.4 Å². The molecule has 0 aromatic heterocycles. The van der Waals surface area contributed by atoms with Crippen LogP contribution in [0.5, 0.6) is 0 Å². The quantitative estimate of drug-likeness (QED) is 0.423. The van der Waals surface area contributed by atoms with Gasteiger partial charge in [0.25, 0.3) is 0 Å². The molecule has 0 rings (SSSR count). The van der Waals surface area contributed by atoms with E-state index in [0.29, 0.717) is 0 Å². The molecule has 0 aliphatic carbocycles. The predicted molar refractivity (Wildman–Crippen MR) is 60.1 cm³/mol. The molecule has 0 aromatic rings. The van der Waals surface area contributed by atoms with Crippen LogP contribution in [0.4, 0.5) is 0 Å². The molecule has 0 saturated carbocycles. The summed E-state index contributed by atoms with van der Waals surface area (Å²) in [6.45, 7) is 8.71. The highest BCUT2D eigenvalue weighted by Crippen LogP contribution is 1.90. The summed E-state index contributed by atoms with van der Waals surface area (Å²) in [5.41, 5.74) is 0. The highest BCUT2D eigenvalue weighted by atomic mass is 14.8. The van der Waals surface area contributed by atoms with Gasteiger partial charge in [0.1, 0.15) is 0 Å². The van der Waals surface area contributed by atoms with Crippen LogP contribution in [-0.2, 0) is 0 Å². The Balaban J connectivity index is 2.95. The number of rotatable bonds is 9. The van der Waals surface area contributed by atoms with Crippen molar-refractivity contribution in [2.75, 3.05) is 26.2 Å². The molecule has 13 heavy (non-hydrogen) atoms. The van der Waals surface area contributed by atoms with Crippen molar-refractivity contribution in [1.82, 2.24) is 10.6 Å². The number of hydrogen-bond acceptors (Lipinski definition) is 2. The van der Waals surface area contributed by atoms with E-state index < -0.39 is 0 Å². The summed E-state index contributed by atoms with van der Waals surface area (Å²) < 4.78 is 0. The fourth-order valence-electron chi connectivity index (χ4n) is 1.12. The van der Waals surface area contributed by atoms with Gasteiger partial charge in [0, 0.05) is 0 Å². The summed E-state index contributed by atoms with van der Waals surface area (Å²) >= 11 is 0. The van der Waals surface area contributed by atoms with E-state index in [1.54, 1.807) is 0 Å². The molecule has 0 aliphatic rings. The lowest BCUT2D eigenvalue weighted by molar-refractivity contribution is 0.677. The van der Waals surface area contributed by atoms with E-state index >= 15 is 0 Å².